The number of alkyl halides is 2. The smallest absolute Gasteiger partial charge is 0.387 e. The van der Waals surface area contributed by atoms with Crippen LogP contribution in [0.4, 0.5) is 8.78 Å². The van der Waals surface area contributed by atoms with E-state index in [9.17, 15) is 18.4 Å². The summed E-state index contributed by atoms with van der Waals surface area (Å²) < 4.78 is 39.0. The monoisotopic (exact) mass is 419 g/mol. The number of methoxy groups -OCH3 is 1. The summed E-state index contributed by atoms with van der Waals surface area (Å²) >= 11 is 0. The molecule has 0 fully saturated rings. The molecule has 0 radical (unpaired) electrons. The van der Waals surface area contributed by atoms with Gasteiger partial charge in [-0.2, -0.15) is 8.78 Å². The summed E-state index contributed by atoms with van der Waals surface area (Å²) in [5.41, 5.74) is 2.72. The molecule has 8 heteroatoms. The van der Waals surface area contributed by atoms with Crippen LogP contribution in [0.5, 0.6) is 11.5 Å². The number of carbonyl (C=O) groups is 2. The fraction of sp³-hybridized carbons (Fsp3) is 0.273. The molecule has 0 spiro atoms. The zero-order valence-electron chi connectivity index (χ0n) is 16.7. The highest BCUT2D eigenvalue weighted by atomic mass is 19.3. The average molecular weight is 419 g/mol. The Morgan fingerprint density at radius 2 is 1.83 bits per heavy atom. The Bertz CT molecular complexity index is 882. The molecule has 1 N–H and O–H groups in total. The number of aryl methyl sites for hydroxylation is 1. The lowest BCUT2D eigenvalue weighted by molar-refractivity contribution is -0.143. The first kappa shape index (κ1) is 22.9. The molecular weight excluding hydrogens is 396 g/mol. The van der Waals surface area contributed by atoms with Crippen LogP contribution in [0.3, 0.4) is 0 Å². The molecule has 0 atom stereocenters. The maximum atomic E-state index is 12.3. The highest BCUT2D eigenvalue weighted by Gasteiger charge is 2.11. The SMILES string of the molecule is COc1cc(CCNC(=O)COC(=O)/C=C/c2ccc(C)cc2)ccc1OC(F)F. The summed E-state index contributed by atoms with van der Waals surface area (Å²) in [4.78, 5) is 23.5. The van der Waals surface area contributed by atoms with Gasteiger partial charge in [-0.25, -0.2) is 4.79 Å². The van der Waals surface area contributed by atoms with Crippen molar-refractivity contribution in [1.29, 1.82) is 0 Å². The van der Waals surface area contributed by atoms with Gasteiger partial charge in [-0.1, -0.05) is 35.9 Å². The van der Waals surface area contributed by atoms with E-state index in [1.165, 1.54) is 19.3 Å². The minimum Gasteiger partial charge on any atom is -0.493 e. The maximum Gasteiger partial charge on any atom is 0.387 e. The van der Waals surface area contributed by atoms with E-state index in [2.05, 4.69) is 10.1 Å². The third-order valence-electron chi connectivity index (χ3n) is 4.01. The highest BCUT2D eigenvalue weighted by Crippen LogP contribution is 2.29. The molecule has 0 aliphatic heterocycles. The van der Waals surface area contributed by atoms with Gasteiger partial charge in [-0.05, 0) is 42.7 Å². The van der Waals surface area contributed by atoms with Gasteiger partial charge < -0.3 is 19.5 Å². The van der Waals surface area contributed by atoms with Crippen LogP contribution in [0.2, 0.25) is 0 Å². The van der Waals surface area contributed by atoms with Crippen molar-refractivity contribution in [2.45, 2.75) is 20.0 Å². The summed E-state index contributed by atoms with van der Waals surface area (Å²) in [6.07, 6.45) is 3.29. The molecule has 0 heterocycles. The zero-order chi connectivity index (χ0) is 21.9. The van der Waals surface area contributed by atoms with E-state index in [-0.39, 0.29) is 18.0 Å². The van der Waals surface area contributed by atoms with Crippen LogP contribution in [-0.2, 0) is 20.7 Å². The lowest BCUT2D eigenvalue weighted by Gasteiger charge is -2.11. The van der Waals surface area contributed by atoms with Crippen LogP contribution >= 0.6 is 0 Å². The molecule has 2 aromatic rings. The van der Waals surface area contributed by atoms with Crippen LogP contribution in [0.25, 0.3) is 6.08 Å². The molecule has 0 bridgehead atoms. The Hall–Kier alpha value is -3.42. The predicted molar refractivity (Wildman–Crippen MR) is 108 cm³/mol. The van der Waals surface area contributed by atoms with Crippen LogP contribution < -0.4 is 14.8 Å². The second-order valence-electron chi connectivity index (χ2n) is 6.32. The number of hydrogen-bond donors (Lipinski definition) is 1. The van der Waals surface area contributed by atoms with Gasteiger partial charge in [0.05, 0.1) is 7.11 Å². The average Bonchev–Trinajstić information content (AvgIpc) is 2.72. The van der Waals surface area contributed by atoms with Gasteiger partial charge in [-0.15, -0.1) is 0 Å². The summed E-state index contributed by atoms with van der Waals surface area (Å²) in [5.74, 6) is -0.957. The molecule has 30 heavy (non-hydrogen) atoms. The number of rotatable bonds is 10. The minimum atomic E-state index is -2.95. The number of amides is 1. The molecule has 6 nitrogen and oxygen atoms in total. The molecule has 0 aromatic heterocycles. The van der Waals surface area contributed by atoms with Crippen molar-refractivity contribution in [3.63, 3.8) is 0 Å². The quantitative estimate of drug-likeness (QED) is 0.471. The number of ether oxygens (including phenoxy) is 3. The summed E-state index contributed by atoms with van der Waals surface area (Å²) in [6.45, 7) is -1.11. The Kier molecular flexibility index (Phi) is 8.80. The van der Waals surface area contributed by atoms with Crippen LogP contribution in [0.15, 0.2) is 48.5 Å². The Morgan fingerprint density at radius 3 is 2.50 bits per heavy atom. The van der Waals surface area contributed by atoms with Gasteiger partial charge in [0.15, 0.2) is 18.1 Å². The molecule has 160 valence electrons. The van der Waals surface area contributed by atoms with E-state index in [1.54, 1.807) is 18.2 Å². The molecular formula is C22H23F2NO5. The summed E-state index contributed by atoms with van der Waals surface area (Å²) in [6, 6.07) is 12.1. The van der Waals surface area contributed by atoms with Gasteiger partial charge in [0, 0.05) is 12.6 Å². The number of carbonyl (C=O) groups excluding carboxylic acids is 2. The predicted octanol–water partition coefficient (Wildman–Crippen LogP) is 3.52. The van der Waals surface area contributed by atoms with Crippen LogP contribution in [0.1, 0.15) is 16.7 Å². The van der Waals surface area contributed by atoms with E-state index in [1.807, 2.05) is 31.2 Å². The van der Waals surface area contributed by atoms with Gasteiger partial charge in [-0.3, -0.25) is 4.79 Å². The van der Waals surface area contributed by atoms with E-state index in [4.69, 9.17) is 9.47 Å². The third-order valence-corrected chi connectivity index (χ3v) is 4.01. The maximum absolute atomic E-state index is 12.3. The van der Waals surface area contributed by atoms with Crippen molar-refractivity contribution in [2.75, 3.05) is 20.3 Å². The largest absolute Gasteiger partial charge is 0.493 e. The zero-order valence-corrected chi connectivity index (χ0v) is 16.7. The van der Waals surface area contributed by atoms with Crippen molar-refractivity contribution in [2.24, 2.45) is 0 Å². The lowest BCUT2D eigenvalue weighted by atomic mass is 10.1. The molecule has 0 saturated carbocycles. The Morgan fingerprint density at radius 1 is 1.10 bits per heavy atom. The first-order chi connectivity index (χ1) is 14.4. The number of halogens is 2. The molecule has 2 rings (SSSR count). The van der Waals surface area contributed by atoms with Gasteiger partial charge in [0.1, 0.15) is 0 Å². The van der Waals surface area contributed by atoms with Gasteiger partial charge in [0.2, 0.25) is 0 Å². The number of hydrogen-bond acceptors (Lipinski definition) is 5. The number of benzene rings is 2. The van der Waals surface area contributed by atoms with Gasteiger partial charge in [0.25, 0.3) is 5.91 Å². The topological polar surface area (TPSA) is 73.9 Å². The fourth-order valence-corrected chi connectivity index (χ4v) is 2.48. The summed E-state index contributed by atoms with van der Waals surface area (Å²) in [7, 11) is 1.35. The standard InChI is InChI=1S/C22H23F2NO5/c1-15-3-5-16(6-4-15)8-10-21(27)29-14-20(26)25-12-11-17-7-9-18(30-22(23)24)19(13-17)28-2/h3-10,13,22H,11-12,14H2,1-2H3,(H,25,26)/b10-8+. The molecule has 2 aromatic carbocycles. The number of nitrogens with one attached hydrogen (secondary N) is 1. The van der Waals surface area contributed by atoms with E-state index < -0.39 is 25.1 Å². The van der Waals surface area contributed by atoms with Crippen LogP contribution in [-0.4, -0.2) is 38.7 Å². The fourth-order valence-electron chi connectivity index (χ4n) is 2.48. The first-order valence-corrected chi connectivity index (χ1v) is 9.17. The van der Waals surface area contributed by atoms with E-state index in [0.717, 1.165) is 16.7 Å². The Balaban J connectivity index is 1.73. The number of esters is 1. The van der Waals surface area contributed by atoms with E-state index in [0.29, 0.717) is 6.42 Å². The molecule has 0 unspecified atom stereocenters. The normalized spacial score (nSPS) is 10.8. The van der Waals surface area contributed by atoms with Crippen molar-refractivity contribution >= 4 is 18.0 Å². The molecule has 1 amide bonds. The lowest BCUT2D eigenvalue weighted by Crippen LogP contribution is -2.30. The van der Waals surface area contributed by atoms with Crippen molar-refractivity contribution < 1.29 is 32.6 Å². The van der Waals surface area contributed by atoms with Gasteiger partial charge >= 0.3 is 12.6 Å². The summed E-state index contributed by atoms with van der Waals surface area (Å²) in [5, 5.41) is 2.62. The second-order valence-corrected chi connectivity index (χ2v) is 6.32. The highest BCUT2D eigenvalue weighted by molar-refractivity contribution is 5.89. The first-order valence-electron chi connectivity index (χ1n) is 9.17. The molecule has 0 saturated heterocycles. The van der Waals surface area contributed by atoms with Crippen molar-refractivity contribution in [3.05, 3.63) is 65.2 Å². The van der Waals surface area contributed by atoms with Crippen molar-refractivity contribution in [3.8, 4) is 11.5 Å². The van der Waals surface area contributed by atoms with E-state index >= 15 is 0 Å². The minimum absolute atomic E-state index is 0.0640. The molecule has 0 aliphatic carbocycles. The third kappa shape index (κ3) is 7.90. The van der Waals surface area contributed by atoms with Crippen LogP contribution in [0, 0.1) is 6.92 Å². The molecule has 0 aliphatic rings. The Labute approximate surface area is 173 Å². The van der Waals surface area contributed by atoms with Crippen molar-refractivity contribution in [1.82, 2.24) is 5.32 Å². The second kappa shape index (κ2) is 11.5.